The second-order valence-corrected chi connectivity index (χ2v) is 8.22. The SMILES string of the molecule is Cc1ccc(C=C2SC(=S)N(CCC(=O)NCCCCCC(=O)O)C2=O)cc1. The number of thiocarbonyl (C=S) groups is 1. The van der Waals surface area contributed by atoms with Gasteiger partial charge in [-0.05, 0) is 31.4 Å². The lowest BCUT2D eigenvalue weighted by molar-refractivity contribution is -0.137. The highest BCUT2D eigenvalue weighted by Crippen LogP contribution is 2.32. The Morgan fingerprint density at radius 3 is 2.57 bits per heavy atom. The van der Waals surface area contributed by atoms with E-state index in [2.05, 4.69) is 5.32 Å². The highest BCUT2D eigenvalue weighted by atomic mass is 32.2. The van der Waals surface area contributed by atoms with Crippen molar-refractivity contribution in [2.75, 3.05) is 13.1 Å². The molecule has 1 saturated heterocycles. The number of hydrogen-bond acceptors (Lipinski definition) is 5. The maximum absolute atomic E-state index is 12.6. The molecule has 2 N–H and O–H groups in total. The van der Waals surface area contributed by atoms with E-state index in [-0.39, 0.29) is 31.2 Å². The minimum Gasteiger partial charge on any atom is -0.481 e. The number of carboxylic acids is 1. The van der Waals surface area contributed by atoms with Crippen molar-refractivity contribution >= 4 is 52.2 Å². The number of aryl methyl sites for hydroxylation is 1. The predicted octanol–water partition coefficient (Wildman–Crippen LogP) is 3.35. The van der Waals surface area contributed by atoms with Gasteiger partial charge in [0.05, 0.1) is 4.91 Å². The number of rotatable bonds is 10. The lowest BCUT2D eigenvalue weighted by Gasteiger charge is -2.14. The van der Waals surface area contributed by atoms with Crippen molar-refractivity contribution in [3.8, 4) is 0 Å². The van der Waals surface area contributed by atoms with Gasteiger partial charge in [-0.1, -0.05) is 60.2 Å². The molecule has 150 valence electrons. The van der Waals surface area contributed by atoms with Crippen LogP contribution in [-0.2, 0) is 14.4 Å². The van der Waals surface area contributed by atoms with Crippen molar-refractivity contribution in [1.29, 1.82) is 0 Å². The van der Waals surface area contributed by atoms with Crippen LogP contribution in [0.25, 0.3) is 6.08 Å². The first-order valence-corrected chi connectivity index (χ1v) is 10.4. The monoisotopic (exact) mass is 420 g/mol. The van der Waals surface area contributed by atoms with Crippen LogP contribution >= 0.6 is 24.0 Å². The number of carbonyl (C=O) groups excluding carboxylic acids is 2. The Morgan fingerprint density at radius 1 is 1.18 bits per heavy atom. The van der Waals surface area contributed by atoms with Gasteiger partial charge in [-0.15, -0.1) is 0 Å². The minimum absolute atomic E-state index is 0.144. The average Bonchev–Trinajstić information content (AvgIpc) is 2.91. The predicted molar refractivity (Wildman–Crippen MR) is 115 cm³/mol. The highest BCUT2D eigenvalue weighted by Gasteiger charge is 2.31. The molecule has 0 atom stereocenters. The molecule has 0 aliphatic carbocycles. The van der Waals surface area contributed by atoms with Gasteiger partial charge in [0.2, 0.25) is 5.91 Å². The van der Waals surface area contributed by atoms with E-state index in [4.69, 9.17) is 17.3 Å². The quantitative estimate of drug-likeness (QED) is 0.343. The number of nitrogens with zero attached hydrogens (tertiary/aromatic N) is 1. The van der Waals surface area contributed by atoms with Gasteiger partial charge in [0.15, 0.2) is 0 Å². The van der Waals surface area contributed by atoms with Crippen LogP contribution in [0.4, 0.5) is 0 Å². The maximum Gasteiger partial charge on any atom is 0.303 e. The fourth-order valence-electron chi connectivity index (χ4n) is 2.61. The molecule has 2 rings (SSSR count). The van der Waals surface area contributed by atoms with E-state index in [1.807, 2.05) is 37.3 Å². The third-order valence-electron chi connectivity index (χ3n) is 4.20. The third kappa shape index (κ3) is 7.09. The first kappa shape index (κ1) is 22.1. The van der Waals surface area contributed by atoms with Crippen LogP contribution in [0.15, 0.2) is 29.2 Å². The number of amides is 2. The Balaban J connectivity index is 1.75. The van der Waals surface area contributed by atoms with Gasteiger partial charge < -0.3 is 10.4 Å². The summed E-state index contributed by atoms with van der Waals surface area (Å²) >= 11 is 6.54. The zero-order valence-electron chi connectivity index (χ0n) is 15.8. The van der Waals surface area contributed by atoms with Gasteiger partial charge in [0, 0.05) is 25.9 Å². The Kier molecular flexibility index (Phi) is 8.66. The van der Waals surface area contributed by atoms with Crippen molar-refractivity contribution < 1.29 is 19.5 Å². The first-order chi connectivity index (χ1) is 13.4. The number of benzene rings is 1. The molecule has 2 amide bonds. The number of carbonyl (C=O) groups is 3. The number of carboxylic acid groups (broad SMARTS) is 1. The average molecular weight is 421 g/mol. The zero-order valence-corrected chi connectivity index (χ0v) is 17.4. The fourth-order valence-corrected chi connectivity index (χ4v) is 3.92. The number of aliphatic carboxylic acids is 1. The highest BCUT2D eigenvalue weighted by molar-refractivity contribution is 8.26. The van der Waals surface area contributed by atoms with Crippen molar-refractivity contribution in [1.82, 2.24) is 10.2 Å². The second-order valence-electron chi connectivity index (χ2n) is 6.55. The van der Waals surface area contributed by atoms with Gasteiger partial charge in [0.25, 0.3) is 5.91 Å². The minimum atomic E-state index is -0.802. The van der Waals surface area contributed by atoms with Crippen LogP contribution in [0.2, 0.25) is 0 Å². The van der Waals surface area contributed by atoms with Gasteiger partial charge in [-0.2, -0.15) is 0 Å². The van der Waals surface area contributed by atoms with Crippen LogP contribution in [0.5, 0.6) is 0 Å². The number of hydrogen-bond donors (Lipinski definition) is 2. The topological polar surface area (TPSA) is 86.7 Å². The molecule has 1 heterocycles. The standard InChI is InChI=1S/C20H24N2O4S2/c1-14-6-8-15(9-7-14)13-16-19(26)22(20(27)28-16)12-10-17(23)21-11-4-2-3-5-18(24)25/h6-9,13H,2-5,10-12H2,1H3,(H,21,23)(H,24,25). The van der Waals surface area contributed by atoms with E-state index in [1.54, 1.807) is 0 Å². The van der Waals surface area contributed by atoms with E-state index < -0.39 is 5.97 Å². The lowest BCUT2D eigenvalue weighted by atomic mass is 10.1. The second kappa shape index (κ2) is 11.0. The smallest absolute Gasteiger partial charge is 0.303 e. The summed E-state index contributed by atoms with van der Waals surface area (Å²) in [4.78, 5) is 37.0. The molecule has 1 aromatic rings. The summed E-state index contributed by atoms with van der Waals surface area (Å²) in [5.74, 6) is -1.12. The molecule has 6 nitrogen and oxygen atoms in total. The maximum atomic E-state index is 12.6. The van der Waals surface area contributed by atoms with Crippen LogP contribution < -0.4 is 5.32 Å². The molecule has 0 unspecified atom stereocenters. The van der Waals surface area contributed by atoms with Crippen LogP contribution in [-0.4, -0.2) is 45.2 Å². The number of unbranched alkanes of at least 4 members (excludes halogenated alkanes) is 2. The molecule has 0 bridgehead atoms. The molecule has 28 heavy (non-hydrogen) atoms. The van der Waals surface area contributed by atoms with Gasteiger partial charge in [-0.25, -0.2) is 0 Å². The van der Waals surface area contributed by atoms with Gasteiger partial charge in [0.1, 0.15) is 4.32 Å². The van der Waals surface area contributed by atoms with Gasteiger partial charge in [-0.3, -0.25) is 19.3 Å². The largest absolute Gasteiger partial charge is 0.481 e. The molecule has 0 spiro atoms. The molecule has 0 saturated carbocycles. The molecule has 1 aromatic carbocycles. The molecule has 1 aliphatic rings. The first-order valence-electron chi connectivity index (χ1n) is 9.17. The Hall–Kier alpha value is -2.19. The van der Waals surface area contributed by atoms with E-state index >= 15 is 0 Å². The van der Waals surface area contributed by atoms with E-state index in [9.17, 15) is 14.4 Å². The lowest BCUT2D eigenvalue weighted by Crippen LogP contribution is -2.33. The number of thioether (sulfide) groups is 1. The van der Waals surface area contributed by atoms with E-state index in [1.165, 1.54) is 16.7 Å². The zero-order chi connectivity index (χ0) is 20.5. The molecule has 8 heteroatoms. The summed E-state index contributed by atoms with van der Waals surface area (Å²) in [6.45, 7) is 2.76. The Labute approximate surface area is 174 Å². The van der Waals surface area contributed by atoms with Crippen LogP contribution in [0, 0.1) is 6.92 Å². The van der Waals surface area contributed by atoms with E-state index in [0.29, 0.717) is 22.2 Å². The Bertz CT molecular complexity index is 775. The summed E-state index contributed by atoms with van der Waals surface area (Å²) in [7, 11) is 0. The molecular formula is C20H24N2O4S2. The molecule has 0 aromatic heterocycles. The molecule has 0 radical (unpaired) electrons. The van der Waals surface area contributed by atoms with Crippen molar-refractivity contribution in [2.24, 2.45) is 0 Å². The summed E-state index contributed by atoms with van der Waals surface area (Å²) < 4.78 is 0.463. The molecule has 1 fully saturated rings. The normalized spacial score (nSPS) is 15.3. The molecular weight excluding hydrogens is 396 g/mol. The summed E-state index contributed by atoms with van der Waals surface area (Å²) in [6, 6.07) is 7.87. The molecule has 1 aliphatic heterocycles. The fraction of sp³-hybridized carbons (Fsp3) is 0.400. The van der Waals surface area contributed by atoms with Crippen LogP contribution in [0.1, 0.15) is 43.2 Å². The summed E-state index contributed by atoms with van der Waals surface area (Å²) in [6.07, 6.45) is 4.24. The number of nitrogens with one attached hydrogen (secondary N) is 1. The van der Waals surface area contributed by atoms with Crippen molar-refractivity contribution in [3.63, 3.8) is 0 Å². The van der Waals surface area contributed by atoms with E-state index in [0.717, 1.165) is 24.0 Å². The van der Waals surface area contributed by atoms with Crippen LogP contribution in [0.3, 0.4) is 0 Å². The van der Waals surface area contributed by atoms with Crippen molar-refractivity contribution in [2.45, 2.75) is 39.0 Å². The summed E-state index contributed by atoms with van der Waals surface area (Å²) in [5, 5.41) is 11.4. The Morgan fingerprint density at radius 2 is 1.89 bits per heavy atom. The van der Waals surface area contributed by atoms with Crippen molar-refractivity contribution in [3.05, 3.63) is 40.3 Å². The van der Waals surface area contributed by atoms with Gasteiger partial charge >= 0.3 is 5.97 Å². The third-order valence-corrected chi connectivity index (χ3v) is 5.58. The summed E-state index contributed by atoms with van der Waals surface area (Å²) in [5.41, 5.74) is 2.09.